The Balaban J connectivity index is 0.00000302. The number of rotatable bonds is 8. The molecule has 8 rings (SSSR count). The van der Waals surface area contributed by atoms with Gasteiger partial charge in [-0.25, -0.2) is 0 Å². The molecule has 4 heteroatoms. The van der Waals surface area contributed by atoms with Gasteiger partial charge in [0, 0.05) is 0 Å². The van der Waals surface area contributed by atoms with E-state index in [4.69, 9.17) is 0 Å². The molecule has 4 aliphatic carbocycles. The van der Waals surface area contributed by atoms with Crippen LogP contribution in [0.3, 0.4) is 0 Å². The van der Waals surface area contributed by atoms with E-state index in [2.05, 4.69) is 169 Å². The first-order valence-electron chi connectivity index (χ1n) is 23.2. The SMILES string of the molecule is CC1(CC2=Cc3c(-c4ccc(C(C)(C)C)cc4)cccc3[CH]2[Zr]([CH3])([CH3])(=[SiH2])[CH]2C(CC3(C)CCCCC3)=Cc3c(-c4ccc(C(C)(C)C)cc4)cccc32)CCCCC1.Cl.Cl. The largest absolute Gasteiger partial charge is 0.147 e. The number of allylic oxidation sites excluding steroid dienone is 2. The molecular formula is C56H76Cl2SiZr. The second-order valence-electron chi connectivity index (χ2n) is 23.6. The summed E-state index contributed by atoms with van der Waals surface area (Å²) in [4.78, 5) is 0. The predicted octanol–water partition coefficient (Wildman–Crippen LogP) is 17.1. The zero-order valence-corrected chi connectivity index (χ0v) is 44.4. The number of hydrogen-bond acceptors (Lipinski definition) is 0. The number of hydrogen-bond donors (Lipinski definition) is 0. The molecule has 4 aromatic carbocycles. The monoisotopic (exact) mass is 936 g/mol. The molecule has 2 saturated carbocycles. The molecule has 2 atom stereocenters. The van der Waals surface area contributed by atoms with E-state index >= 15 is 0 Å². The third kappa shape index (κ3) is 9.17. The van der Waals surface area contributed by atoms with E-state index in [0.717, 1.165) is 0 Å². The topological polar surface area (TPSA) is 0 Å². The van der Waals surface area contributed by atoms with E-state index in [1.165, 1.54) is 122 Å². The van der Waals surface area contributed by atoms with Crippen molar-refractivity contribution in [3.8, 4) is 22.3 Å². The minimum Gasteiger partial charge on any atom is -0.147 e. The van der Waals surface area contributed by atoms with E-state index in [-0.39, 0.29) is 35.6 Å². The van der Waals surface area contributed by atoms with Crippen LogP contribution in [0.5, 0.6) is 0 Å². The van der Waals surface area contributed by atoms with Crippen LogP contribution >= 0.6 is 24.8 Å². The number of halogens is 2. The van der Waals surface area contributed by atoms with E-state index < -0.39 is 17.4 Å². The van der Waals surface area contributed by atoms with Gasteiger partial charge in [-0.05, 0) is 0 Å². The van der Waals surface area contributed by atoms with Crippen molar-refractivity contribution in [1.82, 2.24) is 0 Å². The van der Waals surface area contributed by atoms with Gasteiger partial charge < -0.3 is 0 Å². The molecule has 322 valence electrons. The van der Waals surface area contributed by atoms with Gasteiger partial charge in [-0.1, -0.05) is 0 Å². The third-order valence-corrected chi connectivity index (χ3v) is 33.2. The normalized spacial score (nSPS) is 21.2. The second-order valence-corrected chi connectivity index (χ2v) is 54.1. The molecule has 0 N–H and O–H groups in total. The summed E-state index contributed by atoms with van der Waals surface area (Å²) >= 11 is -3.94. The van der Waals surface area contributed by atoms with Gasteiger partial charge in [0.25, 0.3) is 0 Å². The maximum absolute atomic E-state index is 3.94. The maximum atomic E-state index is 2.91. The van der Waals surface area contributed by atoms with Gasteiger partial charge >= 0.3 is 359 Å². The van der Waals surface area contributed by atoms with Crippen LogP contribution in [-0.2, 0) is 28.2 Å². The van der Waals surface area contributed by atoms with E-state index in [9.17, 15) is 0 Å². The van der Waals surface area contributed by atoms with E-state index in [1.54, 1.807) is 22.3 Å². The van der Waals surface area contributed by atoms with Crippen molar-refractivity contribution in [1.29, 1.82) is 0 Å². The first-order chi connectivity index (χ1) is 27.2. The number of benzene rings is 4. The van der Waals surface area contributed by atoms with Crippen LogP contribution in [0.1, 0.15) is 173 Å². The summed E-state index contributed by atoms with van der Waals surface area (Å²) in [5.41, 5.74) is 19.3. The van der Waals surface area contributed by atoms with Crippen molar-refractivity contribution in [2.24, 2.45) is 10.8 Å². The molecule has 60 heavy (non-hydrogen) atoms. The van der Waals surface area contributed by atoms with Crippen molar-refractivity contribution < 1.29 is 17.4 Å². The Kier molecular flexibility index (Phi) is 13.6. The maximum Gasteiger partial charge on any atom is -0.147 e. The zero-order chi connectivity index (χ0) is 41.3. The smallest absolute Gasteiger partial charge is 0.147 e. The average Bonchev–Trinajstić information content (AvgIpc) is 3.73. The second kappa shape index (κ2) is 17.2. The first-order valence-corrected chi connectivity index (χ1v) is 36.9. The molecule has 0 aliphatic heterocycles. The Morgan fingerprint density at radius 2 is 0.850 bits per heavy atom. The Hall–Kier alpha value is -1.96. The third-order valence-electron chi connectivity index (χ3n) is 15.7. The quantitative estimate of drug-likeness (QED) is 0.154. The molecule has 0 saturated heterocycles. The van der Waals surface area contributed by atoms with Gasteiger partial charge in [0.05, 0.1) is 0 Å². The molecule has 0 spiro atoms. The Morgan fingerprint density at radius 1 is 0.517 bits per heavy atom. The molecule has 0 aromatic heterocycles. The Bertz CT molecular complexity index is 2150. The van der Waals surface area contributed by atoms with Crippen molar-refractivity contribution >= 4 is 43.8 Å². The van der Waals surface area contributed by atoms with Crippen LogP contribution < -0.4 is 0 Å². The van der Waals surface area contributed by atoms with Gasteiger partial charge in [-0.3, -0.25) is 0 Å². The molecular weight excluding hydrogens is 863 g/mol. The minimum atomic E-state index is -3.94. The van der Waals surface area contributed by atoms with Crippen molar-refractivity contribution in [3.63, 3.8) is 0 Å². The summed E-state index contributed by atoms with van der Waals surface area (Å²) in [6, 6.07) is 34.0. The molecule has 2 unspecified atom stereocenters. The summed E-state index contributed by atoms with van der Waals surface area (Å²) in [6.07, 6.45) is 21.8. The van der Waals surface area contributed by atoms with E-state index in [0.29, 0.717) is 18.1 Å². The van der Waals surface area contributed by atoms with Crippen LogP contribution in [0.25, 0.3) is 34.4 Å². The summed E-state index contributed by atoms with van der Waals surface area (Å²) in [7, 11) is 0. The van der Waals surface area contributed by atoms with E-state index in [1.807, 2.05) is 0 Å². The van der Waals surface area contributed by atoms with Gasteiger partial charge in [-0.15, -0.1) is 24.8 Å². The molecule has 2 fully saturated rings. The fourth-order valence-electron chi connectivity index (χ4n) is 12.6. The van der Waals surface area contributed by atoms with Crippen LogP contribution in [0, 0.1) is 10.8 Å². The Morgan fingerprint density at radius 3 is 1.17 bits per heavy atom. The zero-order valence-electron chi connectivity index (χ0n) is 38.9. The van der Waals surface area contributed by atoms with Crippen LogP contribution in [-0.4, -0.2) is 6.88 Å². The molecule has 0 nitrogen and oxygen atoms in total. The van der Waals surface area contributed by atoms with Crippen molar-refractivity contribution in [3.05, 3.63) is 129 Å². The van der Waals surface area contributed by atoms with Gasteiger partial charge in [0.1, 0.15) is 0 Å². The van der Waals surface area contributed by atoms with Gasteiger partial charge in [0.15, 0.2) is 0 Å². The molecule has 0 radical (unpaired) electrons. The van der Waals surface area contributed by atoms with Crippen LogP contribution in [0.15, 0.2) is 96.1 Å². The minimum absolute atomic E-state index is 0. The Labute approximate surface area is 380 Å². The summed E-state index contributed by atoms with van der Waals surface area (Å²) in [5, 5.41) is 0. The first kappa shape index (κ1) is 47.5. The van der Waals surface area contributed by atoms with Crippen LogP contribution in [0.4, 0.5) is 0 Å². The molecule has 4 aromatic rings. The fourth-order valence-corrected chi connectivity index (χ4v) is 32.3. The van der Waals surface area contributed by atoms with Crippen molar-refractivity contribution in [2.45, 2.75) is 160 Å². The van der Waals surface area contributed by atoms with Crippen LogP contribution in [0.2, 0.25) is 9.26 Å². The summed E-state index contributed by atoms with van der Waals surface area (Å²) in [5.74, 6) is 0. The summed E-state index contributed by atoms with van der Waals surface area (Å²) < 4.78 is 6.86. The summed E-state index contributed by atoms with van der Waals surface area (Å²) in [6.45, 7) is 21.8. The average molecular weight is 939 g/mol. The predicted molar refractivity (Wildman–Crippen MR) is 269 cm³/mol. The molecule has 0 heterocycles. The van der Waals surface area contributed by atoms with Gasteiger partial charge in [0.2, 0.25) is 0 Å². The molecule has 4 aliphatic rings. The van der Waals surface area contributed by atoms with Crippen molar-refractivity contribution in [2.75, 3.05) is 0 Å². The van der Waals surface area contributed by atoms with Gasteiger partial charge in [-0.2, -0.15) is 0 Å². The number of fused-ring (bicyclic) bond motifs is 2. The molecule has 0 amide bonds. The molecule has 0 bridgehead atoms. The standard InChI is InChI=1S/2C27H33.2CH3.2ClH.H2Si.Zr/c2*1-26(2,3)23-13-11-21(12-14-23)24-10-8-9-22-17-20(18-25(22)24)19-27(4)15-6-5-7-16-27;;;;;;/h2*8-14,17-18H,5-7,15-16,19H2,1-4H3;2*1H3;2*1H;1H2;. The fraction of sp³-hybridized carbons (Fsp3) is 0.500.